The molecule has 0 saturated heterocycles. The van der Waals surface area contributed by atoms with Crippen molar-refractivity contribution in [1.82, 2.24) is 0 Å². The van der Waals surface area contributed by atoms with Gasteiger partial charge in [0.25, 0.3) is 5.69 Å². The molecule has 20 heavy (non-hydrogen) atoms. The normalized spacial score (nSPS) is 14.2. The summed E-state index contributed by atoms with van der Waals surface area (Å²) in [5.41, 5.74) is 2.39. The Hall–Kier alpha value is -2.35. The topological polar surface area (TPSA) is 79.0 Å². The first-order valence-corrected chi connectivity index (χ1v) is 6.81. The van der Waals surface area contributed by atoms with Crippen LogP contribution in [-0.4, -0.2) is 11.5 Å². The minimum atomic E-state index is -0.489. The van der Waals surface area contributed by atoms with Crippen LogP contribution in [0, 0.1) is 21.4 Å². The molecule has 0 fully saturated rings. The maximum Gasteiger partial charge on any atom is 0.270 e. The van der Waals surface area contributed by atoms with E-state index >= 15 is 0 Å². The Morgan fingerprint density at radius 3 is 2.90 bits per heavy atom. The average Bonchev–Trinajstić information content (AvgIpc) is 2.48. The van der Waals surface area contributed by atoms with Crippen molar-refractivity contribution >= 4 is 11.4 Å². The number of nitro groups is 1. The lowest BCUT2D eigenvalue weighted by Crippen LogP contribution is -2.06. The van der Waals surface area contributed by atoms with Crippen molar-refractivity contribution in [2.45, 2.75) is 32.1 Å². The lowest BCUT2D eigenvalue weighted by atomic mass is 9.97. The molecule has 0 radical (unpaired) electrons. The molecule has 104 valence electrons. The molecule has 0 aromatic heterocycles. The summed E-state index contributed by atoms with van der Waals surface area (Å²) < 4.78 is 0. The number of anilines is 1. The van der Waals surface area contributed by atoms with Gasteiger partial charge in [0, 0.05) is 18.7 Å². The largest absolute Gasteiger partial charge is 0.384 e. The number of nitro benzene ring substituents is 1. The highest BCUT2D eigenvalue weighted by atomic mass is 16.6. The van der Waals surface area contributed by atoms with Crippen LogP contribution in [0.3, 0.4) is 0 Å². The van der Waals surface area contributed by atoms with Gasteiger partial charge in [-0.05, 0) is 38.2 Å². The zero-order valence-electron chi connectivity index (χ0n) is 11.3. The number of nitrogens with one attached hydrogen (secondary N) is 1. The van der Waals surface area contributed by atoms with Gasteiger partial charge in [0.1, 0.15) is 6.07 Å². The monoisotopic (exact) mass is 271 g/mol. The second-order valence-electron chi connectivity index (χ2n) is 4.88. The number of benzene rings is 1. The molecule has 1 aliphatic rings. The SMILES string of the molecule is N#Cc1cc([N+](=O)[O-])ccc1NCCC1=CCCCC1. The minimum Gasteiger partial charge on any atom is -0.384 e. The van der Waals surface area contributed by atoms with E-state index in [1.54, 1.807) is 6.07 Å². The first-order valence-electron chi connectivity index (χ1n) is 6.81. The predicted octanol–water partition coefficient (Wildman–Crippen LogP) is 3.77. The molecule has 0 heterocycles. The maximum absolute atomic E-state index is 10.7. The van der Waals surface area contributed by atoms with Crippen LogP contribution in [0.4, 0.5) is 11.4 Å². The Kier molecular flexibility index (Phi) is 4.72. The van der Waals surface area contributed by atoms with Crippen molar-refractivity contribution in [2.75, 3.05) is 11.9 Å². The molecular formula is C15H17N3O2. The van der Waals surface area contributed by atoms with E-state index in [1.807, 2.05) is 6.07 Å². The summed E-state index contributed by atoms with van der Waals surface area (Å²) in [4.78, 5) is 10.2. The van der Waals surface area contributed by atoms with E-state index < -0.39 is 4.92 Å². The highest BCUT2D eigenvalue weighted by Gasteiger charge is 2.10. The lowest BCUT2D eigenvalue weighted by molar-refractivity contribution is -0.384. The minimum absolute atomic E-state index is 0.0536. The van der Waals surface area contributed by atoms with Crippen molar-refractivity contribution in [2.24, 2.45) is 0 Å². The second-order valence-corrected chi connectivity index (χ2v) is 4.88. The average molecular weight is 271 g/mol. The van der Waals surface area contributed by atoms with Gasteiger partial charge in [0.2, 0.25) is 0 Å². The van der Waals surface area contributed by atoms with E-state index in [0.717, 1.165) is 25.8 Å². The summed E-state index contributed by atoms with van der Waals surface area (Å²) >= 11 is 0. The highest BCUT2D eigenvalue weighted by molar-refractivity contribution is 5.61. The second kappa shape index (κ2) is 6.71. The van der Waals surface area contributed by atoms with Gasteiger partial charge in [0.15, 0.2) is 0 Å². The number of rotatable bonds is 5. The Balaban J connectivity index is 1.97. The van der Waals surface area contributed by atoms with E-state index in [-0.39, 0.29) is 5.69 Å². The quantitative estimate of drug-likeness (QED) is 0.502. The molecule has 5 nitrogen and oxygen atoms in total. The number of non-ortho nitro benzene ring substituents is 1. The summed E-state index contributed by atoms with van der Waals surface area (Å²) in [6, 6.07) is 6.33. The molecule has 0 bridgehead atoms. The number of allylic oxidation sites excluding steroid dienone is 1. The third-order valence-electron chi connectivity index (χ3n) is 3.48. The molecule has 0 atom stereocenters. The van der Waals surface area contributed by atoms with Gasteiger partial charge in [-0.2, -0.15) is 5.26 Å². The molecule has 1 aromatic carbocycles. The Bertz CT molecular complexity index is 573. The lowest BCUT2D eigenvalue weighted by Gasteiger charge is -2.13. The highest BCUT2D eigenvalue weighted by Crippen LogP contribution is 2.23. The van der Waals surface area contributed by atoms with Crippen molar-refractivity contribution in [1.29, 1.82) is 5.26 Å². The summed E-state index contributed by atoms with van der Waals surface area (Å²) in [5.74, 6) is 0. The Morgan fingerprint density at radius 1 is 1.40 bits per heavy atom. The van der Waals surface area contributed by atoms with Gasteiger partial charge in [0.05, 0.1) is 16.2 Å². The van der Waals surface area contributed by atoms with Crippen LogP contribution in [0.5, 0.6) is 0 Å². The predicted molar refractivity (Wildman–Crippen MR) is 77.5 cm³/mol. The van der Waals surface area contributed by atoms with E-state index in [0.29, 0.717) is 11.3 Å². The molecule has 5 heteroatoms. The number of hydrogen-bond donors (Lipinski definition) is 1. The number of hydrogen-bond acceptors (Lipinski definition) is 4. The summed E-state index contributed by atoms with van der Waals surface area (Å²) in [5, 5.41) is 22.9. The fourth-order valence-corrected chi connectivity index (χ4v) is 2.38. The van der Waals surface area contributed by atoms with Gasteiger partial charge in [-0.25, -0.2) is 0 Å². The first kappa shape index (κ1) is 14.1. The van der Waals surface area contributed by atoms with Crippen LogP contribution >= 0.6 is 0 Å². The zero-order chi connectivity index (χ0) is 14.4. The van der Waals surface area contributed by atoms with Crippen LogP contribution < -0.4 is 5.32 Å². The molecule has 2 rings (SSSR count). The van der Waals surface area contributed by atoms with Gasteiger partial charge in [-0.1, -0.05) is 11.6 Å². The third-order valence-corrected chi connectivity index (χ3v) is 3.48. The van der Waals surface area contributed by atoms with Gasteiger partial charge in [-0.3, -0.25) is 10.1 Å². The van der Waals surface area contributed by atoms with Crippen LogP contribution in [0.2, 0.25) is 0 Å². The van der Waals surface area contributed by atoms with Crippen molar-refractivity contribution < 1.29 is 4.92 Å². The van der Waals surface area contributed by atoms with Crippen molar-refractivity contribution in [3.63, 3.8) is 0 Å². The fraction of sp³-hybridized carbons (Fsp3) is 0.400. The van der Waals surface area contributed by atoms with Crippen LogP contribution in [-0.2, 0) is 0 Å². The van der Waals surface area contributed by atoms with Crippen LogP contribution in [0.25, 0.3) is 0 Å². The van der Waals surface area contributed by atoms with Crippen molar-refractivity contribution in [3.8, 4) is 6.07 Å². The molecule has 0 spiro atoms. The fourth-order valence-electron chi connectivity index (χ4n) is 2.38. The van der Waals surface area contributed by atoms with Gasteiger partial charge < -0.3 is 5.32 Å². The molecule has 0 saturated carbocycles. The number of nitriles is 1. The van der Waals surface area contributed by atoms with E-state index in [2.05, 4.69) is 11.4 Å². The molecule has 0 unspecified atom stereocenters. The van der Waals surface area contributed by atoms with E-state index in [4.69, 9.17) is 5.26 Å². The Labute approximate surface area is 118 Å². The third kappa shape index (κ3) is 3.58. The molecule has 1 aromatic rings. The summed E-state index contributed by atoms with van der Waals surface area (Å²) in [6.45, 7) is 0.748. The van der Waals surface area contributed by atoms with E-state index in [9.17, 15) is 10.1 Å². The number of nitrogens with zero attached hydrogens (tertiary/aromatic N) is 2. The zero-order valence-corrected chi connectivity index (χ0v) is 11.3. The maximum atomic E-state index is 10.7. The summed E-state index contributed by atoms with van der Waals surface area (Å²) in [6.07, 6.45) is 8.11. The molecule has 1 aliphatic carbocycles. The van der Waals surface area contributed by atoms with E-state index in [1.165, 1.54) is 30.5 Å². The standard InChI is InChI=1S/C15H17N3O2/c16-11-13-10-14(18(19)20)6-7-15(13)17-9-8-12-4-2-1-3-5-12/h4,6-7,10,17H,1-3,5,8-9H2. The molecule has 1 N–H and O–H groups in total. The van der Waals surface area contributed by atoms with Crippen LogP contribution in [0.1, 0.15) is 37.7 Å². The van der Waals surface area contributed by atoms with Crippen molar-refractivity contribution in [3.05, 3.63) is 45.5 Å². The van der Waals surface area contributed by atoms with Gasteiger partial charge in [-0.15, -0.1) is 0 Å². The molecular weight excluding hydrogens is 254 g/mol. The molecule has 0 aliphatic heterocycles. The first-order chi connectivity index (χ1) is 9.70. The van der Waals surface area contributed by atoms with Crippen LogP contribution in [0.15, 0.2) is 29.8 Å². The Morgan fingerprint density at radius 2 is 2.25 bits per heavy atom. The molecule has 0 amide bonds. The van der Waals surface area contributed by atoms with Gasteiger partial charge >= 0.3 is 0 Å². The smallest absolute Gasteiger partial charge is 0.270 e. The summed E-state index contributed by atoms with van der Waals surface area (Å²) in [7, 11) is 0.